The molecule has 27 heavy (non-hydrogen) atoms. The Bertz CT molecular complexity index is 949. The summed E-state index contributed by atoms with van der Waals surface area (Å²) in [6, 6.07) is 3.66. The Balaban J connectivity index is 1.44. The highest BCUT2D eigenvalue weighted by Gasteiger charge is 2.10. The third kappa shape index (κ3) is 4.79. The summed E-state index contributed by atoms with van der Waals surface area (Å²) in [5.41, 5.74) is 2.23. The first-order valence-corrected chi connectivity index (χ1v) is 8.69. The lowest BCUT2D eigenvalue weighted by atomic mass is 10.2. The van der Waals surface area contributed by atoms with Gasteiger partial charge in [0.15, 0.2) is 0 Å². The van der Waals surface area contributed by atoms with E-state index < -0.39 is 5.97 Å². The molecule has 0 radical (unpaired) electrons. The van der Waals surface area contributed by atoms with Gasteiger partial charge in [0, 0.05) is 43.1 Å². The molecule has 0 aromatic carbocycles. The highest BCUT2D eigenvalue weighted by molar-refractivity contribution is 6.31. The van der Waals surface area contributed by atoms with Gasteiger partial charge in [0.1, 0.15) is 5.15 Å². The van der Waals surface area contributed by atoms with Crippen molar-refractivity contribution in [1.29, 1.82) is 0 Å². The molecule has 0 unspecified atom stereocenters. The van der Waals surface area contributed by atoms with Crippen LogP contribution in [0.25, 0.3) is 17.5 Å². The van der Waals surface area contributed by atoms with E-state index in [-0.39, 0.29) is 6.61 Å². The Hall–Kier alpha value is -3.00. The van der Waals surface area contributed by atoms with Crippen molar-refractivity contribution in [2.75, 3.05) is 6.61 Å². The average molecular weight is 388 g/mol. The van der Waals surface area contributed by atoms with Crippen molar-refractivity contribution in [3.8, 4) is 11.4 Å². The van der Waals surface area contributed by atoms with Crippen molar-refractivity contribution < 1.29 is 14.1 Å². The van der Waals surface area contributed by atoms with Gasteiger partial charge in [0.25, 0.3) is 0 Å². The molecule has 9 heteroatoms. The van der Waals surface area contributed by atoms with Crippen LogP contribution in [-0.4, -0.2) is 37.5 Å². The van der Waals surface area contributed by atoms with Gasteiger partial charge >= 0.3 is 5.97 Å². The zero-order chi connectivity index (χ0) is 19.2. The van der Waals surface area contributed by atoms with Crippen molar-refractivity contribution in [2.24, 2.45) is 7.05 Å². The topological polar surface area (TPSA) is 95.9 Å². The third-order valence-electron chi connectivity index (χ3n) is 3.75. The standard InChI is InChI=1S/C18H18ClN5O3/c1-12-14(17(19)24(2)22-12)7-8-16(25)26-10-4-6-15-21-18(23-27-15)13-5-3-9-20-11-13/h3,5,7-9,11H,4,6,10H2,1-2H3/b8-7+. The van der Waals surface area contributed by atoms with E-state index in [4.69, 9.17) is 20.9 Å². The monoisotopic (exact) mass is 387 g/mol. The fraction of sp³-hybridized carbons (Fsp3) is 0.278. The van der Waals surface area contributed by atoms with Crippen molar-refractivity contribution >= 4 is 23.6 Å². The summed E-state index contributed by atoms with van der Waals surface area (Å²) in [7, 11) is 1.74. The molecule has 0 atom stereocenters. The fourth-order valence-electron chi connectivity index (χ4n) is 2.40. The Morgan fingerprint density at radius 2 is 2.30 bits per heavy atom. The molecule has 3 aromatic rings. The maximum absolute atomic E-state index is 11.8. The summed E-state index contributed by atoms with van der Waals surface area (Å²) in [6.07, 6.45) is 7.36. The lowest BCUT2D eigenvalue weighted by molar-refractivity contribution is -0.137. The van der Waals surface area contributed by atoms with Gasteiger partial charge in [-0.05, 0) is 31.6 Å². The number of carbonyl (C=O) groups is 1. The minimum Gasteiger partial charge on any atom is -0.463 e. The first-order chi connectivity index (χ1) is 13.0. The number of aryl methyl sites for hydroxylation is 3. The maximum Gasteiger partial charge on any atom is 0.330 e. The number of aromatic nitrogens is 5. The highest BCUT2D eigenvalue weighted by atomic mass is 35.5. The molecular formula is C18H18ClN5O3. The Morgan fingerprint density at radius 1 is 1.44 bits per heavy atom. The second kappa shape index (κ2) is 8.59. The molecule has 0 amide bonds. The third-order valence-corrected chi connectivity index (χ3v) is 4.20. The van der Waals surface area contributed by atoms with Crippen LogP contribution in [0.15, 0.2) is 35.1 Å². The number of halogens is 1. The van der Waals surface area contributed by atoms with E-state index >= 15 is 0 Å². The predicted octanol–water partition coefficient (Wildman–Crippen LogP) is 3.02. The van der Waals surface area contributed by atoms with Crippen LogP contribution >= 0.6 is 11.6 Å². The smallest absolute Gasteiger partial charge is 0.330 e. The molecule has 140 valence electrons. The molecule has 8 nitrogen and oxygen atoms in total. The Morgan fingerprint density at radius 3 is 3.00 bits per heavy atom. The summed E-state index contributed by atoms with van der Waals surface area (Å²) in [5.74, 6) is 0.524. The average Bonchev–Trinajstić information content (AvgIpc) is 3.23. The second-order valence-corrected chi connectivity index (χ2v) is 6.13. The summed E-state index contributed by atoms with van der Waals surface area (Å²) >= 11 is 6.11. The van der Waals surface area contributed by atoms with Crippen LogP contribution in [0.3, 0.4) is 0 Å². The highest BCUT2D eigenvalue weighted by Crippen LogP contribution is 2.20. The van der Waals surface area contributed by atoms with E-state index in [0.717, 1.165) is 11.3 Å². The molecule has 3 rings (SSSR count). The molecule has 0 saturated heterocycles. The number of rotatable bonds is 7. The number of pyridine rings is 1. The van der Waals surface area contributed by atoms with Crippen molar-refractivity contribution in [2.45, 2.75) is 19.8 Å². The molecule has 0 aliphatic heterocycles. The van der Waals surface area contributed by atoms with Gasteiger partial charge in [0.05, 0.1) is 12.3 Å². The van der Waals surface area contributed by atoms with Gasteiger partial charge in [-0.1, -0.05) is 16.8 Å². The van der Waals surface area contributed by atoms with Crippen LogP contribution in [0.5, 0.6) is 0 Å². The number of nitrogens with zero attached hydrogens (tertiary/aromatic N) is 5. The van der Waals surface area contributed by atoms with Gasteiger partial charge < -0.3 is 9.26 Å². The van der Waals surface area contributed by atoms with Crippen LogP contribution < -0.4 is 0 Å². The first-order valence-electron chi connectivity index (χ1n) is 8.31. The molecule has 0 aliphatic rings. The van der Waals surface area contributed by atoms with Crippen molar-refractivity contribution in [1.82, 2.24) is 24.9 Å². The molecule has 3 heterocycles. The van der Waals surface area contributed by atoms with Crippen LogP contribution in [-0.2, 0) is 23.0 Å². The largest absolute Gasteiger partial charge is 0.463 e. The molecule has 0 aliphatic carbocycles. The summed E-state index contributed by atoms with van der Waals surface area (Å²) in [4.78, 5) is 20.1. The molecule has 0 fully saturated rings. The van der Waals surface area contributed by atoms with E-state index in [9.17, 15) is 4.79 Å². The lowest BCUT2D eigenvalue weighted by Crippen LogP contribution is -2.03. The molecule has 0 bridgehead atoms. The number of hydrogen-bond donors (Lipinski definition) is 0. The van der Waals surface area contributed by atoms with Crippen LogP contribution in [0.1, 0.15) is 23.6 Å². The minimum atomic E-state index is -0.448. The van der Waals surface area contributed by atoms with Gasteiger partial charge in [-0.25, -0.2) is 4.79 Å². The van der Waals surface area contributed by atoms with Crippen molar-refractivity contribution in [3.63, 3.8) is 0 Å². The summed E-state index contributed by atoms with van der Waals surface area (Å²) in [6.45, 7) is 2.06. The zero-order valence-corrected chi connectivity index (χ0v) is 15.7. The Kier molecular flexibility index (Phi) is 5.97. The molecule has 0 saturated carbocycles. The van der Waals surface area contributed by atoms with E-state index in [0.29, 0.717) is 35.3 Å². The molecule has 3 aromatic heterocycles. The van der Waals surface area contributed by atoms with Gasteiger partial charge in [-0.2, -0.15) is 10.1 Å². The summed E-state index contributed by atoms with van der Waals surface area (Å²) < 4.78 is 11.9. The number of esters is 1. The van der Waals surface area contributed by atoms with Crippen molar-refractivity contribution in [3.05, 3.63) is 52.9 Å². The van der Waals surface area contributed by atoms with E-state index in [1.165, 1.54) is 6.08 Å². The lowest BCUT2D eigenvalue weighted by Gasteiger charge is -1.99. The number of ether oxygens (including phenoxy) is 1. The minimum absolute atomic E-state index is 0.244. The van der Waals surface area contributed by atoms with Gasteiger partial charge in [-0.3, -0.25) is 9.67 Å². The van der Waals surface area contributed by atoms with Gasteiger partial charge in [-0.15, -0.1) is 0 Å². The predicted molar refractivity (Wildman–Crippen MR) is 98.8 cm³/mol. The fourth-order valence-corrected chi connectivity index (χ4v) is 2.64. The van der Waals surface area contributed by atoms with Crippen LogP contribution in [0.4, 0.5) is 0 Å². The van der Waals surface area contributed by atoms with Crippen LogP contribution in [0, 0.1) is 6.92 Å². The Labute approximate surface area is 160 Å². The SMILES string of the molecule is Cc1nn(C)c(Cl)c1/C=C/C(=O)OCCCc1nc(-c2cccnc2)no1. The molecular weight excluding hydrogens is 370 g/mol. The van der Waals surface area contributed by atoms with E-state index in [1.54, 1.807) is 36.3 Å². The van der Waals surface area contributed by atoms with E-state index in [2.05, 4.69) is 20.2 Å². The maximum atomic E-state index is 11.8. The normalized spacial score (nSPS) is 11.2. The zero-order valence-electron chi connectivity index (χ0n) is 14.9. The number of carbonyl (C=O) groups excluding carboxylic acids is 1. The number of hydrogen-bond acceptors (Lipinski definition) is 7. The molecule has 0 N–H and O–H groups in total. The summed E-state index contributed by atoms with van der Waals surface area (Å²) in [5, 5.41) is 8.56. The van der Waals surface area contributed by atoms with Gasteiger partial charge in [0.2, 0.25) is 11.7 Å². The second-order valence-electron chi connectivity index (χ2n) is 5.77. The first kappa shape index (κ1) is 18.8. The van der Waals surface area contributed by atoms with Crippen LogP contribution in [0.2, 0.25) is 5.15 Å². The molecule has 0 spiro atoms. The van der Waals surface area contributed by atoms with E-state index in [1.807, 2.05) is 13.0 Å². The quantitative estimate of drug-likeness (QED) is 0.349.